The Balaban J connectivity index is 2.53. The second kappa shape index (κ2) is 14.5. The maximum Gasteiger partial charge on any atom is 0.245 e. The average molecular weight is 500 g/mol. The molecule has 3 atom stereocenters. The summed E-state index contributed by atoms with van der Waals surface area (Å²) in [7, 11) is 1.40. The fourth-order valence-electron chi connectivity index (χ4n) is 3.16. The highest BCUT2D eigenvalue weighted by atomic mass is 16.3. The maximum atomic E-state index is 12.5. The highest BCUT2D eigenvalue weighted by molar-refractivity contribution is 5.94. The predicted molar refractivity (Wildman–Crippen MR) is 120 cm³/mol. The molecule has 7 amide bonds. The number of nitrogens with zero attached hydrogens (tertiary/aromatic N) is 1. The maximum absolute atomic E-state index is 12.5. The molecule has 1 heterocycles. The van der Waals surface area contributed by atoms with E-state index < -0.39 is 66.7 Å². The summed E-state index contributed by atoms with van der Waals surface area (Å²) in [6.07, 6.45) is -0.350. The number of amides is 7. The van der Waals surface area contributed by atoms with Gasteiger partial charge in [-0.1, -0.05) is 0 Å². The normalized spacial score (nSPS) is 16.3. The zero-order chi connectivity index (χ0) is 26.5. The van der Waals surface area contributed by atoms with E-state index in [0.29, 0.717) is 19.4 Å². The zero-order valence-electron chi connectivity index (χ0n) is 19.9. The molecule has 7 N–H and O–H groups in total. The third-order valence-corrected chi connectivity index (χ3v) is 5.02. The molecule has 0 aromatic rings. The van der Waals surface area contributed by atoms with Crippen molar-refractivity contribution in [3.63, 3.8) is 0 Å². The summed E-state index contributed by atoms with van der Waals surface area (Å²) in [5.41, 5.74) is 0. The lowest BCUT2D eigenvalue weighted by atomic mass is 10.1. The van der Waals surface area contributed by atoms with E-state index in [1.54, 1.807) is 0 Å². The Morgan fingerprint density at radius 3 is 2.11 bits per heavy atom. The lowest BCUT2D eigenvalue weighted by molar-refractivity contribution is -0.139. The molecular weight excluding hydrogens is 466 g/mol. The summed E-state index contributed by atoms with van der Waals surface area (Å²) in [6.45, 7) is 1.33. The number of nitrogens with one attached hydrogen (secondary N) is 6. The molecule has 0 bridgehead atoms. The fourth-order valence-corrected chi connectivity index (χ4v) is 3.16. The molecule has 3 unspecified atom stereocenters. The van der Waals surface area contributed by atoms with E-state index in [1.165, 1.54) is 25.8 Å². The van der Waals surface area contributed by atoms with Crippen LogP contribution in [-0.2, 0) is 33.6 Å². The average Bonchev–Trinajstić information content (AvgIpc) is 3.31. The predicted octanol–water partition coefficient (Wildman–Crippen LogP) is -4.93. The molecule has 0 aromatic carbocycles. The number of rotatable bonds is 12. The van der Waals surface area contributed by atoms with E-state index in [2.05, 4.69) is 31.9 Å². The van der Waals surface area contributed by atoms with Gasteiger partial charge in [0, 0.05) is 20.5 Å². The molecule has 196 valence electrons. The van der Waals surface area contributed by atoms with Crippen molar-refractivity contribution >= 4 is 41.4 Å². The molecule has 1 aliphatic heterocycles. The van der Waals surface area contributed by atoms with Crippen molar-refractivity contribution in [2.75, 3.05) is 39.8 Å². The van der Waals surface area contributed by atoms with Crippen molar-refractivity contribution < 1.29 is 38.7 Å². The molecule has 1 saturated heterocycles. The third-order valence-electron chi connectivity index (χ3n) is 5.02. The van der Waals surface area contributed by atoms with E-state index in [4.69, 9.17) is 0 Å². The Bertz CT molecular complexity index is 832. The van der Waals surface area contributed by atoms with Gasteiger partial charge in [-0.05, 0) is 19.8 Å². The molecule has 0 saturated carbocycles. The molecule has 1 aliphatic rings. The fraction of sp³-hybridized carbons (Fsp3) is 0.650. The van der Waals surface area contributed by atoms with Crippen molar-refractivity contribution in [2.24, 2.45) is 0 Å². The van der Waals surface area contributed by atoms with Crippen molar-refractivity contribution in [2.45, 2.75) is 44.9 Å². The lowest BCUT2D eigenvalue weighted by Gasteiger charge is -2.24. The van der Waals surface area contributed by atoms with Gasteiger partial charge in [0.15, 0.2) is 0 Å². The molecule has 15 nitrogen and oxygen atoms in total. The second-order valence-electron chi connectivity index (χ2n) is 7.83. The molecular formula is C20H33N7O8. The Hall–Kier alpha value is -3.75. The first-order chi connectivity index (χ1) is 16.5. The van der Waals surface area contributed by atoms with Gasteiger partial charge < -0.3 is 41.9 Å². The number of aliphatic hydroxyl groups excluding tert-OH is 1. The van der Waals surface area contributed by atoms with Crippen LogP contribution in [0.4, 0.5) is 0 Å². The van der Waals surface area contributed by atoms with E-state index in [-0.39, 0.29) is 19.0 Å². The van der Waals surface area contributed by atoms with Crippen LogP contribution < -0.4 is 31.9 Å². The Labute approximate surface area is 202 Å². The third kappa shape index (κ3) is 10.4. The number of carbonyl (C=O) groups excluding carboxylic acids is 7. The zero-order valence-corrected chi connectivity index (χ0v) is 19.9. The molecule has 1 rings (SSSR count). The van der Waals surface area contributed by atoms with Gasteiger partial charge in [-0.2, -0.15) is 0 Å². The molecule has 35 heavy (non-hydrogen) atoms. The van der Waals surface area contributed by atoms with Gasteiger partial charge in [0.1, 0.15) is 12.1 Å². The van der Waals surface area contributed by atoms with Crippen LogP contribution in [0.5, 0.6) is 0 Å². The molecule has 0 radical (unpaired) electrons. The summed E-state index contributed by atoms with van der Waals surface area (Å²) < 4.78 is 0. The van der Waals surface area contributed by atoms with Gasteiger partial charge in [-0.3, -0.25) is 33.6 Å². The first-order valence-corrected chi connectivity index (χ1v) is 11.0. The van der Waals surface area contributed by atoms with E-state index in [0.717, 1.165) is 0 Å². The number of aliphatic hydroxyl groups is 1. The molecule has 15 heteroatoms. The molecule has 0 spiro atoms. The first kappa shape index (κ1) is 29.3. The van der Waals surface area contributed by atoms with Gasteiger partial charge in [0.25, 0.3) is 0 Å². The summed E-state index contributed by atoms with van der Waals surface area (Å²) >= 11 is 0. The van der Waals surface area contributed by atoms with Crippen molar-refractivity contribution in [1.29, 1.82) is 0 Å². The number of likely N-dealkylation sites (tertiary alicyclic amines) is 1. The standard InChI is InChI=1S/C20H33N7O8/c1-11(28)18(20(35)25-8-15(31)23-7-14(30)21-3)26-16(32)9-24-19(34)13-5-4-6-27(13)17(33)10-22-12(2)29/h11,13,18,28H,4-10H2,1-3H3,(H,21,30)(H,22,29)(H,23,31)(H,24,34)(H,25,35)(H,26,32). The minimum Gasteiger partial charge on any atom is -0.391 e. The lowest BCUT2D eigenvalue weighted by Crippen LogP contribution is -2.56. The van der Waals surface area contributed by atoms with Crippen LogP contribution >= 0.6 is 0 Å². The largest absolute Gasteiger partial charge is 0.391 e. The molecule has 0 aliphatic carbocycles. The van der Waals surface area contributed by atoms with Gasteiger partial charge in [-0.15, -0.1) is 0 Å². The first-order valence-electron chi connectivity index (χ1n) is 11.0. The Kier molecular flexibility index (Phi) is 12.1. The van der Waals surface area contributed by atoms with Crippen LogP contribution in [-0.4, -0.2) is 109 Å². The monoisotopic (exact) mass is 499 g/mol. The van der Waals surface area contributed by atoms with Gasteiger partial charge >= 0.3 is 0 Å². The van der Waals surface area contributed by atoms with E-state index in [1.807, 2.05) is 0 Å². The van der Waals surface area contributed by atoms with Crippen LogP contribution in [0, 0.1) is 0 Å². The number of carbonyl (C=O) groups is 7. The molecule has 1 fully saturated rings. The van der Waals surface area contributed by atoms with E-state index >= 15 is 0 Å². The van der Waals surface area contributed by atoms with Crippen molar-refractivity contribution in [3.05, 3.63) is 0 Å². The Morgan fingerprint density at radius 2 is 1.51 bits per heavy atom. The van der Waals surface area contributed by atoms with E-state index in [9.17, 15) is 38.7 Å². The van der Waals surface area contributed by atoms with Gasteiger partial charge in [-0.25, -0.2) is 0 Å². The summed E-state index contributed by atoms with van der Waals surface area (Å²) in [5, 5.41) is 23.7. The van der Waals surface area contributed by atoms with Gasteiger partial charge in [0.05, 0.1) is 32.3 Å². The second-order valence-corrected chi connectivity index (χ2v) is 7.83. The topological polar surface area (TPSA) is 215 Å². The SMILES string of the molecule is CNC(=O)CNC(=O)CNC(=O)C(NC(=O)CNC(=O)C1CCCN1C(=O)CNC(C)=O)C(C)O. The molecule has 0 aromatic heterocycles. The minimum atomic E-state index is -1.41. The van der Waals surface area contributed by atoms with Crippen LogP contribution in [0.1, 0.15) is 26.7 Å². The highest BCUT2D eigenvalue weighted by Gasteiger charge is 2.34. The quantitative estimate of drug-likeness (QED) is 0.138. The number of likely N-dealkylation sites (N-methyl/N-ethyl adjacent to an activating group) is 1. The van der Waals surface area contributed by atoms with Crippen molar-refractivity contribution in [1.82, 2.24) is 36.8 Å². The summed E-state index contributed by atoms with van der Waals surface area (Å²) in [6, 6.07) is -2.21. The Morgan fingerprint density at radius 1 is 0.886 bits per heavy atom. The summed E-state index contributed by atoms with van der Waals surface area (Å²) in [5.74, 6) is -4.08. The summed E-state index contributed by atoms with van der Waals surface area (Å²) in [4.78, 5) is 84.4. The van der Waals surface area contributed by atoms with Crippen molar-refractivity contribution in [3.8, 4) is 0 Å². The van der Waals surface area contributed by atoms with Gasteiger partial charge in [0.2, 0.25) is 41.4 Å². The van der Waals surface area contributed by atoms with Crippen LogP contribution in [0.3, 0.4) is 0 Å². The van der Waals surface area contributed by atoms with Crippen LogP contribution in [0.15, 0.2) is 0 Å². The number of hydrogen-bond acceptors (Lipinski definition) is 8. The number of hydrogen-bond donors (Lipinski definition) is 7. The van der Waals surface area contributed by atoms with Crippen LogP contribution in [0.2, 0.25) is 0 Å². The minimum absolute atomic E-state index is 0.241. The van der Waals surface area contributed by atoms with Crippen LogP contribution in [0.25, 0.3) is 0 Å². The smallest absolute Gasteiger partial charge is 0.245 e. The highest BCUT2D eigenvalue weighted by Crippen LogP contribution is 2.17.